The standard InChI is InChI=1S/C21H21FIN3O/c22-15-2-1-9-26(13-15)12-14-10-17(4-6-21(14)27)25-19-7-8-24-20-11-16(23)3-5-18(19)20/h3-8,10-11,15,27H,1-2,9,12-13H2,(H,24,25). The van der Waals surface area contributed by atoms with Crippen LogP contribution in [0.1, 0.15) is 18.4 Å². The van der Waals surface area contributed by atoms with Crippen molar-refractivity contribution in [1.82, 2.24) is 9.88 Å². The quantitative estimate of drug-likeness (QED) is 0.400. The van der Waals surface area contributed by atoms with Crippen molar-refractivity contribution < 1.29 is 9.50 Å². The summed E-state index contributed by atoms with van der Waals surface area (Å²) >= 11 is 2.28. The summed E-state index contributed by atoms with van der Waals surface area (Å²) < 4.78 is 14.8. The van der Waals surface area contributed by atoms with E-state index in [1.165, 1.54) is 0 Å². The highest BCUT2D eigenvalue weighted by atomic mass is 127. The van der Waals surface area contributed by atoms with Gasteiger partial charge in [0, 0.05) is 45.2 Å². The topological polar surface area (TPSA) is 48.4 Å². The zero-order valence-corrected chi connectivity index (χ0v) is 17.0. The number of fused-ring (bicyclic) bond motifs is 1. The third kappa shape index (κ3) is 4.32. The number of nitrogens with zero attached hydrogens (tertiary/aromatic N) is 2. The Morgan fingerprint density at radius 1 is 1.22 bits per heavy atom. The molecule has 140 valence electrons. The van der Waals surface area contributed by atoms with E-state index in [0.29, 0.717) is 19.5 Å². The number of piperidine rings is 1. The summed E-state index contributed by atoms with van der Waals surface area (Å²) in [6, 6.07) is 13.6. The average molecular weight is 477 g/mol. The Morgan fingerprint density at radius 2 is 2.11 bits per heavy atom. The van der Waals surface area contributed by atoms with Crippen LogP contribution < -0.4 is 5.32 Å². The number of nitrogens with one attached hydrogen (secondary N) is 1. The molecule has 2 aromatic carbocycles. The summed E-state index contributed by atoms with van der Waals surface area (Å²) in [4.78, 5) is 6.50. The summed E-state index contributed by atoms with van der Waals surface area (Å²) in [5.74, 6) is 0.246. The first kappa shape index (κ1) is 18.4. The fraction of sp³-hybridized carbons (Fsp3) is 0.286. The monoisotopic (exact) mass is 477 g/mol. The van der Waals surface area contributed by atoms with E-state index in [4.69, 9.17) is 0 Å². The molecular weight excluding hydrogens is 456 g/mol. The van der Waals surface area contributed by atoms with Gasteiger partial charge in [0.2, 0.25) is 0 Å². The Balaban J connectivity index is 1.58. The molecule has 6 heteroatoms. The van der Waals surface area contributed by atoms with Crippen molar-refractivity contribution >= 4 is 44.9 Å². The highest BCUT2D eigenvalue weighted by Gasteiger charge is 2.20. The predicted molar refractivity (Wildman–Crippen MR) is 115 cm³/mol. The largest absolute Gasteiger partial charge is 0.508 e. The van der Waals surface area contributed by atoms with E-state index in [1.807, 2.05) is 24.3 Å². The minimum Gasteiger partial charge on any atom is -0.508 e. The molecule has 1 atom stereocenters. The third-order valence-electron chi connectivity index (χ3n) is 4.91. The molecule has 2 heterocycles. The van der Waals surface area contributed by atoms with Gasteiger partial charge in [-0.25, -0.2) is 4.39 Å². The van der Waals surface area contributed by atoms with Crippen LogP contribution in [-0.2, 0) is 6.54 Å². The molecule has 1 aliphatic heterocycles. The van der Waals surface area contributed by atoms with Crippen LogP contribution in [-0.4, -0.2) is 34.3 Å². The van der Waals surface area contributed by atoms with Crippen LogP contribution in [0.15, 0.2) is 48.7 Å². The molecule has 0 amide bonds. The number of alkyl halides is 1. The molecule has 1 saturated heterocycles. The van der Waals surface area contributed by atoms with Gasteiger partial charge in [0.15, 0.2) is 0 Å². The molecule has 27 heavy (non-hydrogen) atoms. The normalized spacial score (nSPS) is 17.9. The van der Waals surface area contributed by atoms with Gasteiger partial charge < -0.3 is 10.4 Å². The second-order valence-corrected chi connectivity index (χ2v) is 8.21. The second kappa shape index (κ2) is 7.98. The van der Waals surface area contributed by atoms with Gasteiger partial charge in [-0.2, -0.15) is 0 Å². The first-order valence-electron chi connectivity index (χ1n) is 9.08. The lowest BCUT2D eigenvalue weighted by Gasteiger charge is -2.29. The molecule has 3 aromatic rings. The molecule has 1 aliphatic rings. The van der Waals surface area contributed by atoms with Crippen molar-refractivity contribution in [1.29, 1.82) is 0 Å². The maximum atomic E-state index is 13.7. The zero-order valence-electron chi connectivity index (χ0n) is 14.8. The first-order chi connectivity index (χ1) is 13.1. The Hall–Kier alpha value is -1.93. The van der Waals surface area contributed by atoms with Gasteiger partial charge in [0.05, 0.1) is 5.52 Å². The number of phenolic OH excluding ortho intramolecular Hbond substituents is 1. The van der Waals surface area contributed by atoms with Crippen LogP contribution in [0.3, 0.4) is 0 Å². The Labute approximate surface area is 171 Å². The zero-order chi connectivity index (χ0) is 18.8. The van der Waals surface area contributed by atoms with Gasteiger partial charge in [-0.3, -0.25) is 9.88 Å². The van der Waals surface area contributed by atoms with E-state index in [0.717, 1.165) is 44.4 Å². The van der Waals surface area contributed by atoms with Gasteiger partial charge in [-0.05, 0) is 84.4 Å². The summed E-state index contributed by atoms with van der Waals surface area (Å²) in [7, 11) is 0. The molecule has 0 bridgehead atoms. The summed E-state index contributed by atoms with van der Waals surface area (Å²) in [6.45, 7) is 1.85. The van der Waals surface area contributed by atoms with Crippen LogP contribution in [0, 0.1) is 3.57 Å². The minimum atomic E-state index is -0.770. The number of aromatic hydroxyl groups is 1. The van der Waals surface area contributed by atoms with Crippen molar-refractivity contribution in [3.8, 4) is 5.75 Å². The van der Waals surface area contributed by atoms with E-state index >= 15 is 0 Å². The number of hydrogen-bond donors (Lipinski definition) is 2. The molecular formula is C21H21FIN3O. The fourth-order valence-electron chi connectivity index (χ4n) is 3.56. The molecule has 1 unspecified atom stereocenters. The summed E-state index contributed by atoms with van der Waals surface area (Å²) in [5, 5.41) is 14.7. The highest BCUT2D eigenvalue weighted by Crippen LogP contribution is 2.29. The van der Waals surface area contributed by atoms with Gasteiger partial charge in [0.1, 0.15) is 11.9 Å². The van der Waals surface area contributed by atoms with Crippen LogP contribution >= 0.6 is 22.6 Å². The van der Waals surface area contributed by atoms with E-state index in [2.05, 4.69) is 49.9 Å². The lowest BCUT2D eigenvalue weighted by atomic mass is 10.1. The Bertz CT molecular complexity index is 965. The van der Waals surface area contributed by atoms with Crippen molar-refractivity contribution in [3.63, 3.8) is 0 Å². The molecule has 4 nitrogen and oxygen atoms in total. The molecule has 0 aliphatic carbocycles. The van der Waals surface area contributed by atoms with Crippen molar-refractivity contribution in [3.05, 3.63) is 57.8 Å². The van der Waals surface area contributed by atoms with Crippen molar-refractivity contribution in [2.75, 3.05) is 18.4 Å². The Morgan fingerprint density at radius 3 is 2.96 bits per heavy atom. The number of anilines is 2. The van der Waals surface area contributed by atoms with Crippen molar-refractivity contribution in [2.24, 2.45) is 0 Å². The molecule has 4 rings (SSSR count). The maximum Gasteiger partial charge on any atom is 0.120 e. The van der Waals surface area contributed by atoms with Gasteiger partial charge in [-0.15, -0.1) is 0 Å². The van der Waals surface area contributed by atoms with E-state index < -0.39 is 6.17 Å². The molecule has 0 saturated carbocycles. The van der Waals surface area contributed by atoms with E-state index in [-0.39, 0.29) is 5.75 Å². The molecule has 0 radical (unpaired) electrons. The number of likely N-dealkylation sites (tertiary alicyclic amines) is 1. The lowest BCUT2D eigenvalue weighted by Crippen LogP contribution is -2.35. The van der Waals surface area contributed by atoms with Crippen LogP contribution in [0.4, 0.5) is 15.8 Å². The fourth-order valence-corrected chi connectivity index (χ4v) is 4.03. The van der Waals surface area contributed by atoms with Gasteiger partial charge >= 0.3 is 0 Å². The van der Waals surface area contributed by atoms with E-state index in [9.17, 15) is 9.50 Å². The average Bonchev–Trinajstić information content (AvgIpc) is 2.64. The number of aromatic nitrogens is 1. The van der Waals surface area contributed by atoms with Crippen LogP contribution in [0.25, 0.3) is 10.9 Å². The lowest BCUT2D eigenvalue weighted by molar-refractivity contribution is 0.132. The molecule has 2 N–H and O–H groups in total. The smallest absolute Gasteiger partial charge is 0.120 e. The molecule has 1 fully saturated rings. The first-order valence-corrected chi connectivity index (χ1v) is 10.2. The van der Waals surface area contributed by atoms with Gasteiger partial charge in [-0.1, -0.05) is 0 Å². The summed E-state index contributed by atoms with van der Waals surface area (Å²) in [5.41, 5.74) is 3.60. The third-order valence-corrected chi connectivity index (χ3v) is 5.58. The predicted octanol–water partition coefficient (Wildman–Crippen LogP) is 5.22. The van der Waals surface area contributed by atoms with Crippen LogP contribution in [0.5, 0.6) is 5.75 Å². The summed E-state index contributed by atoms with van der Waals surface area (Å²) in [6.07, 6.45) is 2.52. The van der Waals surface area contributed by atoms with Crippen molar-refractivity contribution in [2.45, 2.75) is 25.6 Å². The van der Waals surface area contributed by atoms with Crippen LogP contribution in [0.2, 0.25) is 0 Å². The SMILES string of the molecule is Oc1ccc(Nc2ccnc3cc(I)ccc23)cc1CN1CCCC(F)C1. The molecule has 0 spiro atoms. The maximum absolute atomic E-state index is 13.7. The number of benzene rings is 2. The number of hydrogen-bond acceptors (Lipinski definition) is 4. The number of rotatable bonds is 4. The van der Waals surface area contributed by atoms with E-state index in [1.54, 1.807) is 12.3 Å². The number of halogens is 2. The Kier molecular flexibility index (Phi) is 5.45. The highest BCUT2D eigenvalue weighted by molar-refractivity contribution is 14.1. The number of phenols is 1. The minimum absolute atomic E-state index is 0.246. The number of pyridine rings is 1. The second-order valence-electron chi connectivity index (χ2n) is 6.96. The molecule has 1 aromatic heterocycles. The van der Waals surface area contributed by atoms with Gasteiger partial charge in [0.25, 0.3) is 0 Å².